The van der Waals surface area contributed by atoms with Crippen LogP contribution in [0.25, 0.3) is 5.57 Å². The molecule has 0 N–H and O–H groups in total. The molecule has 2 heterocycles. The molecule has 0 aliphatic carbocycles. The van der Waals surface area contributed by atoms with Crippen molar-refractivity contribution in [1.82, 2.24) is 0 Å². The number of hydrogen-bond donors (Lipinski definition) is 0. The van der Waals surface area contributed by atoms with E-state index in [0.29, 0.717) is 12.0 Å². The molecular formula is C31H27NOS. The van der Waals surface area contributed by atoms with Crippen LogP contribution in [-0.4, -0.2) is 13.2 Å². The van der Waals surface area contributed by atoms with E-state index in [0.717, 1.165) is 5.75 Å². The molecule has 2 nitrogen and oxygen atoms in total. The van der Waals surface area contributed by atoms with Gasteiger partial charge in [-0.25, -0.2) is 0 Å². The Balaban J connectivity index is 1.57. The highest BCUT2D eigenvalue weighted by molar-refractivity contribution is 8.03. The van der Waals surface area contributed by atoms with Gasteiger partial charge in [0.1, 0.15) is 5.75 Å². The Kier molecular flexibility index (Phi) is 5.43. The molecule has 0 spiro atoms. The molecule has 0 unspecified atom stereocenters. The second kappa shape index (κ2) is 8.73. The lowest BCUT2D eigenvalue weighted by Gasteiger charge is -2.31. The maximum atomic E-state index is 5.40. The van der Waals surface area contributed by atoms with Crippen LogP contribution in [0.2, 0.25) is 0 Å². The van der Waals surface area contributed by atoms with Gasteiger partial charge in [-0.2, -0.15) is 0 Å². The Labute approximate surface area is 205 Å². The molecule has 34 heavy (non-hydrogen) atoms. The lowest BCUT2D eigenvalue weighted by molar-refractivity contribution is 0.414. The molecule has 2 aliphatic rings. The Bertz CT molecular complexity index is 1330. The van der Waals surface area contributed by atoms with Crippen molar-refractivity contribution < 1.29 is 4.74 Å². The molecule has 3 atom stereocenters. The molecule has 0 aromatic heterocycles. The number of benzene rings is 4. The summed E-state index contributed by atoms with van der Waals surface area (Å²) in [4.78, 5) is 5.31. The summed E-state index contributed by atoms with van der Waals surface area (Å²) in [5, 5.41) is 0. The molecular weight excluding hydrogens is 434 g/mol. The maximum Gasteiger partial charge on any atom is 0.118 e. The van der Waals surface area contributed by atoms with Crippen molar-refractivity contribution in [2.24, 2.45) is 0 Å². The molecule has 0 radical (unpaired) electrons. The van der Waals surface area contributed by atoms with Crippen LogP contribution in [0.5, 0.6) is 5.75 Å². The van der Waals surface area contributed by atoms with Crippen molar-refractivity contribution in [1.29, 1.82) is 0 Å². The van der Waals surface area contributed by atoms with Crippen LogP contribution in [-0.2, 0) is 0 Å². The largest absolute Gasteiger partial charge is 0.497 e. The van der Waals surface area contributed by atoms with Crippen LogP contribution >= 0.6 is 11.8 Å². The maximum absolute atomic E-state index is 5.40. The van der Waals surface area contributed by atoms with Gasteiger partial charge < -0.3 is 9.64 Å². The molecule has 3 heteroatoms. The number of thioether (sulfide) groups is 1. The monoisotopic (exact) mass is 461 g/mol. The van der Waals surface area contributed by atoms with Crippen molar-refractivity contribution in [2.75, 3.05) is 12.0 Å². The lowest BCUT2D eigenvalue weighted by atomic mass is 9.89. The zero-order chi connectivity index (χ0) is 23.1. The van der Waals surface area contributed by atoms with Crippen molar-refractivity contribution in [2.45, 2.75) is 29.8 Å². The highest BCUT2D eigenvalue weighted by Gasteiger charge is 2.49. The zero-order valence-electron chi connectivity index (χ0n) is 19.4. The number of hydrogen-bond acceptors (Lipinski definition) is 3. The molecule has 0 saturated heterocycles. The summed E-state index contributed by atoms with van der Waals surface area (Å²) in [6.07, 6.45) is 0. The topological polar surface area (TPSA) is 12.5 Å². The summed E-state index contributed by atoms with van der Waals surface area (Å²) in [7, 11) is 1.72. The normalized spacial score (nSPS) is 20.9. The zero-order valence-corrected chi connectivity index (χ0v) is 20.2. The fraction of sp³-hybridized carbons (Fsp3) is 0.161. The van der Waals surface area contributed by atoms with Crippen molar-refractivity contribution in [3.63, 3.8) is 0 Å². The Morgan fingerprint density at radius 3 is 2.09 bits per heavy atom. The first-order chi connectivity index (χ1) is 16.8. The van der Waals surface area contributed by atoms with Gasteiger partial charge in [0.2, 0.25) is 0 Å². The first kappa shape index (κ1) is 21.1. The smallest absolute Gasteiger partial charge is 0.118 e. The first-order valence-corrected chi connectivity index (χ1v) is 12.6. The molecule has 6 rings (SSSR count). The van der Waals surface area contributed by atoms with Crippen LogP contribution in [0.1, 0.15) is 35.6 Å². The average molecular weight is 462 g/mol. The van der Waals surface area contributed by atoms with E-state index >= 15 is 0 Å². The van der Waals surface area contributed by atoms with E-state index in [1.807, 2.05) is 11.8 Å². The van der Waals surface area contributed by atoms with E-state index in [-0.39, 0.29) is 6.04 Å². The van der Waals surface area contributed by atoms with Crippen LogP contribution in [0.15, 0.2) is 119 Å². The van der Waals surface area contributed by atoms with E-state index in [1.165, 1.54) is 37.8 Å². The summed E-state index contributed by atoms with van der Waals surface area (Å²) < 4.78 is 5.40. The van der Waals surface area contributed by atoms with Gasteiger partial charge in [0.05, 0.1) is 19.2 Å². The fourth-order valence-electron chi connectivity index (χ4n) is 5.54. The van der Waals surface area contributed by atoms with E-state index < -0.39 is 0 Å². The molecule has 4 aromatic rings. The number of para-hydroxylation sites is 1. The van der Waals surface area contributed by atoms with Crippen LogP contribution in [0, 0.1) is 0 Å². The highest BCUT2D eigenvalue weighted by Crippen LogP contribution is 2.60. The summed E-state index contributed by atoms with van der Waals surface area (Å²) in [5.41, 5.74) is 6.88. The molecule has 0 fully saturated rings. The van der Waals surface area contributed by atoms with E-state index in [2.05, 4.69) is 121 Å². The SMILES string of the molecule is COc1ccc(SC2=C(c3ccccc3)[C@H]3[C@H](C)c4ccccc4N3[C@@H]2c2ccccc2)cc1. The predicted molar refractivity (Wildman–Crippen MR) is 143 cm³/mol. The average Bonchev–Trinajstić information content (AvgIpc) is 3.38. The molecule has 2 aliphatic heterocycles. The van der Waals surface area contributed by atoms with Gasteiger partial charge in [0.15, 0.2) is 0 Å². The van der Waals surface area contributed by atoms with Crippen molar-refractivity contribution in [3.05, 3.63) is 131 Å². The second-order valence-corrected chi connectivity index (χ2v) is 10.0. The van der Waals surface area contributed by atoms with Crippen LogP contribution < -0.4 is 9.64 Å². The molecule has 168 valence electrons. The third-order valence-electron chi connectivity index (χ3n) is 7.05. The van der Waals surface area contributed by atoms with Crippen molar-refractivity contribution >= 4 is 23.0 Å². The minimum Gasteiger partial charge on any atom is -0.497 e. The van der Waals surface area contributed by atoms with Gasteiger partial charge in [0.25, 0.3) is 0 Å². The molecule has 4 aromatic carbocycles. The quantitative estimate of drug-likeness (QED) is 0.299. The van der Waals surface area contributed by atoms with Gasteiger partial charge >= 0.3 is 0 Å². The van der Waals surface area contributed by atoms with Crippen LogP contribution in [0.3, 0.4) is 0 Å². The van der Waals surface area contributed by atoms with Gasteiger partial charge in [0, 0.05) is 21.4 Å². The number of ether oxygens (including phenoxy) is 1. The number of fused-ring (bicyclic) bond motifs is 3. The number of rotatable bonds is 5. The van der Waals surface area contributed by atoms with Gasteiger partial charge in [-0.1, -0.05) is 97.5 Å². The van der Waals surface area contributed by atoms with Gasteiger partial charge in [-0.05, 0) is 52.6 Å². The predicted octanol–water partition coefficient (Wildman–Crippen LogP) is 7.95. The summed E-state index contributed by atoms with van der Waals surface area (Å²) in [6, 6.07) is 39.8. The number of methoxy groups -OCH3 is 1. The third-order valence-corrected chi connectivity index (χ3v) is 8.22. The van der Waals surface area contributed by atoms with Crippen molar-refractivity contribution in [3.8, 4) is 5.75 Å². The minimum absolute atomic E-state index is 0.166. The standard InChI is InChI=1S/C31H27NOS/c1-21-26-15-9-10-16-27(26)32-29(21)28(22-11-5-3-6-12-22)31(30(32)23-13-7-4-8-14-23)34-25-19-17-24(33-2)18-20-25/h3-21,29-30H,1-2H3/t21-,29-,30-/m1/s1. The van der Waals surface area contributed by atoms with Gasteiger partial charge in [-0.3, -0.25) is 0 Å². The second-order valence-electron chi connectivity index (χ2n) is 8.93. The fourth-order valence-corrected chi connectivity index (χ4v) is 6.77. The van der Waals surface area contributed by atoms with E-state index in [9.17, 15) is 0 Å². The van der Waals surface area contributed by atoms with Gasteiger partial charge in [-0.15, -0.1) is 0 Å². The summed E-state index contributed by atoms with van der Waals surface area (Å²) in [6.45, 7) is 2.38. The van der Waals surface area contributed by atoms with E-state index in [4.69, 9.17) is 4.74 Å². The third kappa shape index (κ3) is 3.43. The highest BCUT2D eigenvalue weighted by atomic mass is 32.2. The minimum atomic E-state index is 0.166. The molecule has 0 amide bonds. The number of anilines is 1. The Hall–Kier alpha value is -3.43. The summed E-state index contributed by atoms with van der Waals surface area (Å²) >= 11 is 1.89. The Morgan fingerprint density at radius 1 is 0.735 bits per heavy atom. The van der Waals surface area contributed by atoms with Crippen LogP contribution in [0.4, 0.5) is 5.69 Å². The number of nitrogens with zero attached hydrogens (tertiary/aromatic N) is 1. The lowest BCUT2D eigenvalue weighted by Crippen LogP contribution is -2.31. The summed E-state index contributed by atoms with van der Waals surface area (Å²) in [5.74, 6) is 1.29. The molecule has 0 saturated carbocycles. The molecule has 0 bridgehead atoms. The Morgan fingerprint density at radius 2 is 1.38 bits per heavy atom. The first-order valence-electron chi connectivity index (χ1n) is 11.8. The van der Waals surface area contributed by atoms with E-state index in [1.54, 1.807) is 7.11 Å².